The van der Waals surface area contributed by atoms with Gasteiger partial charge in [-0.25, -0.2) is 4.98 Å². The van der Waals surface area contributed by atoms with Crippen LogP contribution in [0.5, 0.6) is 0 Å². The number of hydrogen-bond donors (Lipinski definition) is 1. The molecule has 1 amide bonds. The van der Waals surface area contributed by atoms with Crippen LogP contribution in [0, 0.1) is 10.1 Å². The molecule has 1 aromatic heterocycles. The van der Waals surface area contributed by atoms with Crippen LogP contribution in [0.1, 0.15) is 10.4 Å². The Morgan fingerprint density at radius 2 is 1.50 bits per heavy atom. The number of benzene rings is 5. The largest absolute Gasteiger partial charge is 0.322 e. The van der Waals surface area contributed by atoms with Gasteiger partial charge in [0.25, 0.3) is 11.6 Å². The molecule has 0 aliphatic heterocycles. The number of amides is 1. The van der Waals surface area contributed by atoms with E-state index in [0.29, 0.717) is 5.69 Å². The highest BCUT2D eigenvalue weighted by molar-refractivity contribution is 6.13. The number of nitro benzene ring substituents is 1. The topological polar surface area (TPSA) is 85.1 Å². The molecule has 0 aliphatic rings. The number of pyridine rings is 1. The monoisotopic (exact) mass is 495 g/mol. The van der Waals surface area contributed by atoms with Crippen molar-refractivity contribution in [2.45, 2.75) is 0 Å². The number of aromatic nitrogens is 1. The summed E-state index contributed by atoms with van der Waals surface area (Å²) in [7, 11) is 0. The second kappa shape index (κ2) is 9.59. The second-order valence-corrected chi connectivity index (χ2v) is 8.94. The molecule has 38 heavy (non-hydrogen) atoms. The number of carbonyl (C=O) groups excluding carboxylic acids is 1. The van der Waals surface area contributed by atoms with Crippen LogP contribution in [0.15, 0.2) is 121 Å². The number of rotatable bonds is 5. The summed E-state index contributed by atoms with van der Waals surface area (Å²) in [5.41, 5.74) is 5.53. The fourth-order valence-electron chi connectivity index (χ4n) is 4.69. The quantitative estimate of drug-likeness (QED) is 0.150. The molecular formula is C32H21N3O3. The maximum atomic E-state index is 12.7. The molecule has 5 aromatic carbocycles. The van der Waals surface area contributed by atoms with Crippen molar-refractivity contribution < 1.29 is 9.72 Å². The van der Waals surface area contributed by atoms with E-state index in [1.54, 1.807) is 18.2 Å². The van der Waals surface area contributed by atoms with Gasteiger partial charge in [-0.15, -0.1) is 0 Å². The van der Waals surface area contributed by atoms with Crippen molar-refractivity contribution in [2.24, 2.45) is 0 Å². The van der Waals surface area contributed by atoms with Crippen LogP contribution in [0.4, 0.5) is 11.4 Å². The van der Waals surface area contributed by atoms with E-state index in [-0.39, 0.29) is 11.3 Å². The smallest absolute Gasteiger partial charge is 0.270 e. The van der Waals surface area contributed by atoms with Crippen LogP contribution in [-0.4, -0.2) is 15.8 Å². The van der Waals surface area contributed by atoms with Gasteiger partial charge in [-0.3, -0.25) is 14.9 Å². The lowest BCUT2D eigenvalue weighted by Gasteiger charge is -2.13. The normalized spacial score (nSPS) is 10.9. The predicted octanol–water partition coefficient (Wildman–Crippen LogP) is 7.88. The SMILES string of the molecule is O=C(Nc1ccc(-c2cc(-c3ccccc3)c3c(ccc4ccccc43)n2)cc1)c1cccc([N+](=O)[O-])c1. The second-order valence-electron chi connectivity index (χ2n) is 8.94. The predicted molar refractivity (Wildman–Crippen MR) is 151 cm³/mol. The zero-order chi connectivity index (χ0) is 26.1. The molecule has 0 fully saturated rings. The summed E-state index contributed by atoms with van der Waals surface area (Å²) in [6.45, 7) is 0. The number of fused-ring (bicyclic) bond motifs is 3. The lowest BCUT2D eigenvalue weighted by atomic mass is 9.94. The molecule has 182 valence electrons. The molecule has 6 heteroatoms. The Balaban J connectivity index is 1.38. The van der Waals surface area contributed by atoms with Crippen molar-refractivity contribution in [2.75, 3.05) is 5.32 Å². The Kier molecular flexibility index (Phi) is 5.82. The van der Waals surface area contributed by atoms with Gasteiger partial charge >= 0.3 is 0 Å². The minimum Gasteiger partial charge on any atom is -0.322 e. The maximum absolute atomic E-state index is 12.7. The van der Waals surface area contributed by atoms with E-state index in [9.17, 15) is 14.9 Å². The zero-order valence-electron chi connectivity index (χ0n) is 20.2. The van der Waals surface area contributed by atoms with Crippen molar-refractivity contribution in [1.29, 1.82) is 0 Å². The molecular weight excluding hydrogens is 474 g/mol. The van der Waals surface area contributed by atoms with Crippen LogP contribution in [0.2, 0.25) is 0 Å². The average molecular weight is 496 g/mol. The van der Waals surface area contributed by atoms with Crippen LogP contribution in [-0.2, 0) is 0 Å². The summed E-state index contributed by atoms with van der Waals surface area (Å²) in [5.74, 6) is -0.413. The van der Waals surface area contributed by atoms with E-state index in [2.05, 4.69) is 47.8 Å². The summed E-state index contributed by atoms with van der Waals surface area (Å²) < 4.78 is 0. The van der Waals surface area contributed by atoms with E-state index in [0.717, 1.165) is 44.1 Å². The molecule has 0 unspecified atom stereocenters. The minimum absolute atomic E-state index is 0.127. The maximum Gasteiger partial charge on any atom is 0.270 e. The first-order valence-electron chi connectivity index (χ1n) is 12.1. The Labute approximate surface area is 218 Å². The molecule has 6 nitrogen and oxygen atoms in total. The average Bonchev–Trinajstić information content (AvgIpc) is 2.97. The standard InChI is InChI=1S/C32H21N3O3/c36-32(24-10-6-11-26(19-24)35(37)38)33-25-16-13-23(14-17-25)30-20-28(21-7-2-1-3-8-21)31-27-12-5-4-9-22(27)15-18-29(31)34-30/h1-20H,(H,33,36). The first-order chi connectivity index (χ1) is 18.6. The van der Waals surface area contributed by atoms with Gasteiger partial charge in [-0.05, 0) is 52.2 Å². The Morgan fingerprint density at radius 1 is 0.737 bits per heavy atom. The molecule has 6 rings (SSSR count). The number of anilines is 1. The van der Waals surface area contributed by atoms with E-state index in [1.807, 2.05) is 42.5 Å². The number of nitro groups is 1. The van der Waals surface area contributed by atoms with Gasteiger partial charge in [0.1, 0.15) is 0 Å². The first-order valence-corrected chi connectivity index (χ1v) is 12.1. The molecule has 0 saturated heterocycles. The molecule has 0 bridgehead atoms. The number of carbonyl (C=O) groups is 1. The Bertz CT molecular complexity index is 1830. The lowest BCUT2D eigenvalue weighted by Crippen LogP contribution is -2.12. The van der Waals surface area contributed by atoms with Crippen molar-refractivity contribution in [3.05, 3.63) is 137 Å². The van der Waals surface area contributed by atoms with Gasteiger partial charge in [-0.1, -0.05) is 78.9 Å². The van der Waals surface area contributed by atoms with E-state index in [4.69, 9.17) is 4.98 Å². The highest BCUT2D eigenvalue weighted by Gasteiger charge is 2.14. The lowest BCUT2D eigenvalue weighted by molar-refractivity contribution is -0.384. The zero-order valence-corrected chi connectivity index (χ0v) is 20.2. The summed E-state index contributed by atoms with van der Waals surface area (Å²) in [6.07, 6.45) is 0. The molecule has 0 radical (unpaired) electrons. The minimum atomic E-state index is -0.519. The van der Waals surface area contributed by atoms with Crippen molar-refractivity contribution in [3.8, 4) is 22.4 Å². The molecule has 1 N–H and O–H groups in total. The van der Waals surface area contributed by atoms with Gasteiger partial charge in [0.05, 0.1) is 16.1 Å². The Morgan fingerprint density at radius 3 is 2.29 bits per heavy atom. The summed E-state index contributed by atoms with van der Waals surface area (Å²) in [5, 5.41) is 17.3. The van der Waals surface area contributed by atoms with E-state index >= 15 is 0 Å². The third-order valence-corrected chi connectivity index (χ3v) is 6.54. The van der Waals surface area contributed by atoms with Crippen LogP contribution < -0.4 is 5.32 Å². The van der Waals surface area contributed by atoms with E-state index in [1.165, 1.54) is 18.2 Å². The van der Waals surface area contributed by atoms with Gasteiger partial charge in [0.2, 0.25) is 0 Å². The molecule has 1 heterocycles. The number of non-ortho nitro benzene ring substituents is 1. The van der Waals surface area contributed by atoms with Crippen molar-refractivity contribution >= 4 is 39.0 Å². The van der Waals surface area contributed by atoms with Gasteiger partial charge < -0.3 is 5.32 Å². The van der Waals surface area contributed by atoms with Gasteiger partial charge in [-0.2, -0.15) is 0 Å². The van der Waals surface area contributed by atoms with E-state index < -0.39 is 10.8 Å². The fourth-order valence-corrected chi connectivity index (χ4v) is 4.69. The third-order valence-electron chi connectivity index (χ3n) is 6.54. The van der Waals surface area contributed by atoms with Crippen molar-refractivity contribution in [3.63, 3.8) is 0 Å². The summed E-state index contributed by atoms with van der Waals surface area (Å²) >= 11 is 0. The third kappa shape index (κ3) is 4.35. The van der Waals surface area contributed by atoms with Crippen molar-refractivity contribution in [1.82, 2.24) is 4.98 Å². The first kappa shape index (κ1) is 23.1. The molecule has 0 spiro atoms. The molecule has 6 aromatic rings. The highest BCUT2D eigenvalue weighted by atomic mass is 16.6. The molecule has 0 atom stereocenters. The number of hydrogen-bond acceptors (Lipinski definition) is 4. The van der Waals surface area contributed by atoms with Gasteiger partial charge in [0, 0.05) is 34.3 Å². The number of nitrogens with zero attached hydrogens (tertiary/aromatic N) is 2. The number of nitrogens with one attached hydrogen (secondary N) is 1. The molecule has 0 aliphatic carbocycles. The van der Waals surface area contributed by atoms with Crippen LogP contribution in [0.3, 0.4) is 0 Å². The summed E-state index contributed by atoms with van der Waals surface area (Å²) in [4.78, 5) is 28.2. The Hall–Kier alpha value is -5.36. The van der Waals surface area contributed by atoms with Crippen LogP contribution in [0.25, 0.3) is 44.1 Å². The fraction of sp³-hybridized carbons (Fsp3) is 0. The van der Waals surface area contributed by atoms with Gasteiger partial charge in [0.15, 0.2) is 0 Å². The highest BCUT2D eigenvalue weighted by Crippen LogP contribution is 2.36. The van der Waals surface area contributed by atoms with Crippen LogP contribution >= 0.6 is 0 Å². The summed E-state index contributed by atoms with van der Waals surface area (Å²) in [6, 6.07) is 38.0. The molecule has 0 saturated carbocycles.